The van der Waals surface area contributed by atoms with Crippen LogP contribution >= 0.6 is 0 Å². The van der Waals surface area contributed by atoms with E-state index in [2.05, 4.69) is 20.4 Å². The van der Waals surface area contributed by atoms with Gasteiger partial charge in [-0.05, 0) is 30.7 Å². The Morgan fingerprint density at radius 3 is 2.89 bits per heavy atom. The lowest BCUT2D eigenvalue weighted by Crippen LogP contribution is -2.37. The molecule has 2 aromatic heterocycles. The van der Waals surface area contributed by atoms with Crippen molar-refractivity contribution in [3.8, 4) is 17.1 Å². The predicted molar refractivity (Wildman–Crippen MR) is 101 cm³/mol. The average Bonchev–Trinajstić information content (AvgIpc) is 3.38. The van der Waals surface area contributed by atoms with Gasteiger partial charge >= 0.3 is 0 Å². The van der Waals surface area contributed by atoms with Gasteiger partial charge in [-0.25, -0.2) is 0 Å². The molecule has 1 aliphatic heterocycles. The SMILES string of the molecule is COc1ccccc1N1CCC(NC(=O)c2cc(-c3ccncc3)on2)C1. The highest BCUT2D eigenvalue weighted by atomic mass is 16.5. The number of aromatic nitrogens is 2. The maximum Gasteiger partial charge on any atom is 0.273 e. The highest BCUT2D eigenvalue weighted by Gasteiger charge is 2.27. The van der Waals surface area contributed by atoms with Crippen molar-refractivity contribution >= 4 is 11.6 Å². The molecule has 1 unspecified atom stereocenters. The Morgan fingerprint density at radius 2 is 2.07 bits per heavy atom. The van der Waals surface area contributed by atoms with Gasteiger partial charge in [0.25, 0.3) is 5.91 Å². The molecule has 0 saturated carbocycles. The van der Waals surface area contributed by atoms with Crippen LogP contribution in [0.4, 0.5) is 5.69 Å². The number of amides is 1. The summed E-state index contributed by atoms with van der Waals surface area (Å²) < 4.78 is 10.7. The minimum atomic E-state index is -0.231. The maximum absolute atomic E-state index is 12.5. The number of hydrogen-bond donors (Lipinski definition) is 1. The van der Waals surface area contributed by atoms with E-state index in [1.807, 2.05) is 36.4 Å². The molecular formula is C20H20N4O3. The Morgan fingerprint density at radius 1 is 1.26 bits per heavy atom. The molecule has 1 N–H and O–H groups in total. The van der Waals surface area contributed by atoms with Crippen LogP contribution < -0.4 is 15.0 Å². The van der Waals surface area contributed by atoms with Gasteiger partial charge in [-0.2, -0.15) is 0 Å². The fourth-order valence-electron chi connectivity index (χ4n) is 3.28. The smallest absolute Gasteiger partial charge is 0.273 e. The van der Waals surface area contributed by atoms with Gasteiger partial charge in [0.15, 0.2) is 11.5 Å². The number of benzene rings is 1. The lowest BCUT2D eigenvalue weighted by Gasteiger charge is -2.21. The fourth-order valence-corrected chi connectivity index (χ4v) is 3.28. The number of ether oxygens (including phenoxy) is 1. The summed E-state index contributed by atoms with van der Waals surface area (Å²) in [6.07, 6.45) is 4.20. The molecule has 3 aromatic rings. The Labute approximate surface area is 156 Å². The minimum absolute atomic E-state index is 0.0449. The van der Waals surface area contributed by atoms with Gasteiger partial charge in [0.05, 0.1) is 12.8 Å². The van der Waals surface area contributed by atoms with Crippen LogP contribution in [0.2, 0.25) is 0 Å². The number of pyridine rings is 1. The normalized spacial score (nSPS) is 16.3. The molecule has 1 amide bonds. The van der Waals surface area contributed by atoms with E-state index >= 15 is 0 Å². The number of rotatable bonds is 5. The van der Waals surface area contributed by atoms with Crippen LogP contribution in [0.3, 0.4) is 0 Å². The summed E-state index contributed by atoms with van der Waals surface area (Å²) >= 11 is 0. The van der Waals surface area contributed by atoms with E-state index in [4.69, 9.17) is 9.26 Å². The van der Waals surface area contributed by atoms with E-state index in [1.54, 1.807) is 25.6 Å². The molecule has 1 saturated heterocycles. The van der Waals surface area contributed by atoms with E-state index in [9.17, 15) is 4.79 Å². The van der Waals surface area contributed by atoms with Crippen molar-refractivity contribution in [2.75, 3.05) is 25.1 Å². The lowest BCUT2D eigenvalue weighted by atomic mass is 10.2. The van der Waals surface area contributed by atoms with Crippen molar-refractivity contribution in [2.24, 2.45) is 0 Å². The Kier molecular flexibility index (Phi) is 4.74. The highest BCUT2D eigenvalue weighted by molar-refractivity contribution is 5.93. The molecule has 0 spiro atoms. The summed E-state index contributed by atoms with van der Waals surface area (Å²) in [7, 11) is 1.67. The summed E-state index contributed by atoms with van der Waals surface area (Å²) in [4.78, 5) is 18.7. The van der Waals surface area contributed by atoms with E-state index in [0.29, 0.717) is 5.76 Å². The van der Waals surface area contributed by atoms with Crippen LogP contribution in [0.5, 0.6) is 5.75 Å². The number of nitrogens with one attached hydrogen (secondary N) is 1. The van der Waals surface area contributed by atoms with Gasteiger partial charge in [0.1, 0.15) is 5.75 Å². The van der Waals surface area contributed by atoms with Gasteiger partial charge in [-0.1, -0.05) is 17.3 Å². The molecule has 0 aliphatic carbocycles. The van der Waals surface area contributed by atoms with Crippen molar-refractivity contribution in [1.82, 2.24) is 15.5 Å². The van der Waals surface area contributed by atoms with Gasteiger partial charge in [0.2, 0.25) is 0 Å². The van der Waals surface area contributed by atoms with Crippen LogP contribution in [0.1, 0.15) is 16.9 Å². The minimum Gasteiger partial charge on any atom is -0.495 e. The number of nitrogens with zero attached hydrogens (tertiary/aromatic N) is 3. The molecule has 1 aliphatic rings. The number of para-hydroxylation sites is 2. The van der Waals surface area contributed by atoms with Crippen molar-refractivity contribution in [1.29, 1.82) is 0 Å². The molecule has 138 valence electrons. The molecule has 1 fully saturated rings. The number of hydrogen-bond acceptors (Lipinski definition) is 6. The summed E-state index contributed by atoms with van der Waals surface area (Å²) in [5.74, 6) is 1.15. The largest absolute Gasteiger partial charge is 0.495 e. The summed E-state index contributed by atoms with van der Waals surface area (Å²) in [5, 5.41) is 6.94. The fraction of sp³-hybridized carbons (Fsp3) is 0.250. The van der Waals surface area contributed by atoms with Gasteiger partial charge in [0, 0.05) is 43.2 Å². The monoisotopic (exact) mass is 364 g/mol. The topological polar surface area (TPSA) is 80.5 Å². The Bertz CT molecular complexity index is 926. The van der Waals surface area contributed by atoms with Crippen LogP contribution in [-0.2, 0) is 0 Å². The maximum atomic E-state index is 12.5. The predicted octanol–water partition coefficient (Wildman–Crippen LogP) is 2.75. The van der Waals surface area contributed by atoms with Gasteiger partial charge in [-0.15, -0.1) is 0 Å². The molecule has 27 heavy (non-hydrogen) atoms. The number of methoxy groups -OCH3 is 1. The second-order valence-corrected chi connectivity index (χ2v) is 6.39. The number of carbonyl (C=O) groups excluding carboxylic acids is 1. The van der Waals surface area contributed by atoms with Crippen molar-refractivity contribution in [2.45, 2.75) is 12.5 Å². The first kappa shape index (κ1) is 17.1. The summed E-state index contributed by atoms with van der Waals surface area (Å²) in [6.45, 7) is 1.58. The van der Waals surface area contributed by atoms with E-state index in [0.717, 1.165) is 36.5 Å². The number of anilines is 1. The molecule has 7 heteroatoms. The summed E-state index contributed by atoms with van der Waals surface area (Å²) in [5.41, 5.74) is 2.15. The Balaban J connectivity index is 1.40. The van der Waals surface area contributed by atoms with E-state index < -0.39 is 0 Å². The molecule has 0 bridgehead atoms. The molecule has 1 atom stereocenters. The van der Waals surface area contributed by atoms with Crippen LogP contribution in [0, 0.1) is 0 Å². The van der Waals surface area contributed by atoms with Crippen LogP contribution in [0.15, 0.2) is 59.4 Å². The number of carbonyl (C=O) groups is 1. The molecule has 0 radical (unpaired) electrons. The standard InChI is InChI=1S/C20H20N4O3/c1-26-18-5-3-2-4-17(18)24-11-8-15(13-24)22-20(25)16-12-19(27-23-16)14-6-9-21-10-7-14/h2-7,9-10,12,15H,8,11,13H2,1H3,(H,22,25). The zero-order valence-corrected chi connectivity index (χ0v) is 15.0. The second kappa shape index (κ2) is 7.49. The second-order valence-electron chi connectivity index (χ2n) is 6.39. The van der Waals surface area contributed by atoms with Crippen LogP contribution in [-0.4, -0.2) is 42.3 Å². The molecule has 4 rings (SSSR count). The quantitative estimate of drug-likeness (QED) is 0.750. The molecule has 7 nitrogen and oxygen atoms in total. The first-order valence-corrected chi connectivity index (χ1v) is 8.80. The first-order valence-electron chi connectivity index (χ1n) is 8.80. The zero-order valence-electron chi connectivity index (χ0n) is 15.0. The van der Waals surface area contributed by atoms with Gasteiger partial charge in [-0.3, -0.25) is 9.78 Å². The molecule has 1 aromatic carbocycles. The molecule has 3 heterocycles. The Hall–Kier alpha value is -3.35. The average molecular weight is 364 g/mol. The van der Waals surface area contributed by atoms with E-state index in [-0.39, 0.29) is 17.6 Å². The first-order chi connectivity index (χ1) is 13.2. The third-order valence-corrected chi connectivity index (χ3v) is 4.66. The summed E-state index contributed by atoms with van der Waals surface area (Å²) in [6, 6.07) is 13.2. The highest BCUT2D eigenvalue weighted by Crippen LogP contribution is 2.30. The molecular weight excluding hydrogens is 344 g/mol. The van der Waals surface area contributed by atoms with Gasteiger partial charge < -0.3 is 19.5 Å². The van der Waals surface area contributed by atoms with Crippen molar-refractivity contribution in [3.05, 3.63) is 60.6 Å². The van der Waals surface area contributed by atoms with Crippen molar-refractivity contribution in [3.63, 3.8) is 0 Å². The third kappa shape index (κ3) is 3.62. The lowest BCUT2D eigenvalue weighted by molar-refractivity contribution is 0.0931. The van der Waals surface area contributed by atoms with Crippen molar-refractivity contribution < 1.29 is 14.1 Å². The van der Waals surface area contributed by atoms with E-state index in [1.165, 1.54) is 0 Å². The third-order valence-electron chi connectivity index (χ3n) is 4.66. The zero-order chi connectivity index (χ0) is 18.6. The van der Waals surface area contributed by atoms with Crippen LogP contribution in [0.25, 0.3) is 11.3 Å².